The summed E-state index contributed by atoms with van der Waals surface area (Å²) in [6.07, 6.45) is 4.88. The number of nitrogens with zero attached hydrogens (tertiary/aromatic N) is 1. The fourth-order valence-electron chi connectivity index (χ4n) is 3.46. The van der Waals surface area contributed by atoms with E-state index in [-0.39, 0.29) is 17.9 Å². The van der Waals surface area contributed by atoms with Gasteiger partial charge in [0.25, 0.3) is 0 Å². The quantitative estimate of drug-likeness (QED) is 0.843. The topological polar surface area (TPSA) is 41.6 Å². The summed E-state index contributed by atoms with van der Waals surface area (Å²) in [6, 6.07) is 0.625. The monoisotopic (exact) mass is 268 g/mol. The minimum atomic E-state index is 0.00202. The van der Waals surface area contributed by atoms with Crippen LogP contribution in [0.2, 0.25) is 0 Å². The Kier molecular flexibility index (Phi) is 5.22. The number of carbonyl (C=O) groups excluding carboxylic acids is 1. The van der Waals surface area contributed by atoms with E-state index < -0.39 is 0 Å². The van der Waals surface area contributed by atoms with Crippen LogP contribution >= 0.6 is 0 Å². The van der Waals surface area contributed by atoms with Crippen molar-refractivity contribution >= 4 is 5.91 Å². The van der Waals surface area contributed by atoms with Crippen LogP contribution in [0.15, 0.2) is 0 Å². The molecule has 19 heavy (non-hydrogen) atoms. The Hall–Kier alpha value is -0.610. The fourth-order valence-corrected chi connectivity index (χ4v) is 3.46. The summed E-state index contributed by atoms with van der Waals surface area (Å²) in [6.45, 7) is 6.50. The highest BCUT2D eigenvalue weighted by molar-refractivity contribution is 5.80. The molecule has 0 bridgehead atoms. The molecule has 1 saturated heterocycles. The second-order valence-electron chi connectivity index (χ2n) is 6.18. The molecule has 0 aromatic carbocycles. The number of likely N-dealkylation sites (N-methyl/N-ethyl adjacent to an activating group) is 1. The molecule has 0 spiro atoms. The SMILES string of the molecule is CCNC1COCC1C(=O)N(C)C1CCCC(C)C1. The van der Waals surface area contributed by atoms with E-state index in [4.69, 9.17) is 4.74 Å². The molecule has 2 fully saturated rings. The number of ether oxygens (including phenoxy) is 1. The van der Waals surface area contributed by atoms with Crippen molar-refractivity contribution in [2.45, 2.75) is 51.6 Å². The van der Waals surface area contributed by atoms with Gasteiger partial charge in [-0.3, -0.25) is 4.79 Å². The minimum Gasteiger partial charge on any atom is -0.379 e. The Bertz CT molecular complexity index is 309. The average Bonchev–Trinajstić information content (AvgIpc) is 2.86. The first kappa shape index (κ1) is 14.8. The van der Waals surface area contributed by atoms with Gasteiger partial charge in [0.05, 0.1) is 19.1 Å². The third-order valence-corrected chi connectivity index (χ3v) is 4.67. The minimum absolute atomic E-state index is 0.00202. The first-order chi connectivity index (χ1) is 9.13. The zero-order valence-electron chi connectivity index (χ0n) is 12.5. The third-order valence-electron chi connectivity index (χ3n) is 4.67. The number of hydrogen-bond donors (Lipinski definition) is 1. The summed E-state index contributed by atoms with van der Waals surface area (Å²) in [5, 5.41) is 3.37. The molecule has 2 aliphatic rings. The molecule has 4 nitrogen and oxygen atoms in total. The lowest BCUT2D eigenvalue weighted by molar-refractivity contribution is -0.137. The first-order valence-electron chi connectivity index (χ1n) is 7.71. The molecule has 1 aliphatic heterocycles. The molecular weight excluding hydrogens is 240 g/mol. The maximum absolute atomic E-state index is 12.6. The van der Waals surface area contributed by atoms with E-state index in [1.807, 2.05) is 11.9 Å². The van der Waals surface area contributed by atoms with Crippen molar-refractivity contribution in [3.63, 3.8) is 0 Å². The molecule has 4 atom stereocenters. The smallest absolute Gasteiger partial charge is 0.229 e. The number of rotatable bonds is 4. The average molecular weight is 268 g/mol. The predicted molar refractivity (Wildman–Crippen MR) is 76.0 cm³/mol. The van der Waals surface area contributed by atoms with Crippen LogP contribution in [0.4, 0.5) is 0 Å². The number of hydrogen-bond acceptors (Lipinski definition) is 3. The van der Waals surface area contributed by atoms with Crippen molar-refractivity contribution in [2.75, 3.05) is 26.8 Å². The van der Waals surface area contributed by atoms with Crippen LogP contribution < -0.4 is 5.32 Å². The summed E-state index contributed by atoms with van der Waals surface area (Å²) < 4.78 is 5.49. The van der Waals surface area contributed by atoms with Crippen LogP contribution in [-0.4, -0.2) is 49.7 Å². The van der Waals surface area contributed by atoms with Crippen molar-refractivity contribution < 1.29 is 9.53 Å². The normalized spacial score (nSPS) is 35.3. The van der Waals surface area contributed by atoms with E-state index in [0.29, 0.717) is 19.3 Å². The highest BCUT2D eigenvalue weighted by Crippen LogP contribution is 2.28. The maximum atomic E-state index is 12.6. The molecular formula is C15H28N2O2. The summed E-state index contributed by atoms with van der Waals surface area (Å²) in [7, 11) is 1.98. The molecule has 1 amide bonds. The Balaban J connectivity index is 1.94. The van der Waals surface area contributed by atoms with Crippen LogP contribution in [-0.2, 0) is 9.53 Å². The van der Waals surface area contributed by atoms with Crippen LogP contribution in [0.25, 0.3) is 0 Å². The Labute approximate surface area is 116 Å². The molecule has 0 aromatic rings. The fraction of sp³-hybridized carbons (Fsp3) is 0.933. The van der Waals surface area contributed by atoms with Crippen LogP contribution in [0, 0.1) is 11.8 Å². The van der Waals surface area contributed by atoms with E-state index in [1.54, 1.807) is 0 Å². The number of nitrogens with one attached hydrogen (secondary N) is 1. The van der Waals surface area contributed by atoms with Gasteiger partial charge in [-0.1, -0.05) is 26.7 Å². The third kappa shape index (κ3) is 3.48. The van der Waals surface area contributed by atoms with Gasteiger partial charge in [-0.2, -0.15) is 0 Å². The second-order valence-corrected chi connectivity index (χ2v) is 6.18. The van der Waals surface area contributed by atoms with Gasteiger partial charge in [-0.05, 0) is 25.3 Å². The molecule has 1 N–H and O–H groups in total. The van der Waals surface area contributed by atoms with Gasteiger partial charge >= 0.3 is 0 Å². The van der Waals surface area contributed by atoms with Crippen molar-refractivity contribution in [3.8, 4) is 0 Å². The van der Waals surface area contributed by atoms with Crippen LogP contribution in [0.3, 0.4) is 0 Å². The first-order valence-corrected chi connectivity index (χ1v) is 7.71. The zero-order valence-corrected chi connectivity index (χ0v) is 12.5. The zero-order chi connectivity index (χ0) is 13.8. The molecule has 1 saturated carbocycles. The summed E-state index contributed by atoms with van der Waals surface area (Å²) in [5.74, 6) is 1.02. The Morgan fingerprint density at radius 2 is 2.16 bits per heavy atom. The van der Waals surface area contributed by atoms with Gasteiger partial charge in [-0.15, -0.1) is 0 Å². The van der Waals surface area contributed by atoms with Crippen molar-refractivity contribution in [2.24, 2.45) is 11.8 Å². The molecule has 110 valence electrons. The van der Waals surface area contributed by atoms with Gasteiger partial charge in [0.1, 0.15) is 0 Å². The maximum Gasteiger partial charge on any atom is 0.229 e. The van der Waals surface area contributed by atoms with E-state index in [0.717, 1.165) is 25.3 Å². The van der Waals surface area contributed by atoms with Gasteiger partial charge < -0.3 is 15.0 Å². The molecule has 1 aliphatic carbocycles. The van der Waals surface area contributed by atoms with Crippen molar-refractivity contribution in [1.29, 1.82) is 0 Å². The van der Waals surface area contributed by atoms with Crippen LogP contribution in [0.1, 0.15) is 39.5 Å². The van der Waals surface area contributed by atoms with Crippen molar-refractivity contribution in [1.82, 2.24) is 10.2 Å². The van der Waals surface area contributed by atoms with E-state index in [9.17, 15) is 4.79 Å². The molecule has 0 aromatic heterocycles. The lowest BCUT2D eigenvalue weighted by Crippen LogP contribution is -2.48. The van der Waals surface area contributed by atoms with Crippen molar-refractivity contribution in [3.05, 3.63) is 0 Å². The summed E-state index contributed by atoms with van der Waals surface area (Å²) >= 11 is 0. The Morgan fingerprint density at radius 1 is 1.37 bits per heavy atom. The van der Waals surface area contributed by atoms with E-state index in [1.165, 1.54) is 12.8 Å². The van der Waals surface area contributed by atoms with Gasteiger partial charge in [0.15, 0.2) is 0 Å². The molecule has 4 unspecified atom stereocenters. The summed E-state index contributed by atoms with van der Waals surface area (Å²) in [5.41, 5.74) is 0. The summed E-state index contributed by atoms with van der Waals surface area (Å²) in [4.78, 5) is 14.6. The molecule has 0 radical (unpaired) electrons. The highest BCUT2D eigenvalue weighted by Gasteiger charge is 2.37. The Morgan fingerprint density at radius 3 is 2.84 bits per heavy atom. The predicted octanol–water partition coefficient (Wildman–Crippen LogP) is 1.65. The van der Waals surface area contributed by atoms with E-state index in [2.05, 4.69) is 19.2 Å². The number of carbonyl (C=O) groups is 1. The highest BCUT2D eigenvalue weighted by atomic mass is 16.5. The number of amides is 1. The molecule has 1 heterocycles. The second kappa shape index (κ2) is 6.71. The van der Waals surface area contributed by atoms with Gasteiger partial charge in [0.2, 0.25) is 5.91 Å². The lowest BCUT2D eigenvalue weighted by Gasteiger charge is -2.36. The molecule has 2 rings (SSSR count). The largest absolute Gasteiger partial charge is 0.379 e. The van der Waals surface area contributed by atoms with Gasteiger partial charge in [-0.25, -0.2) is 0 Å². The standard InChI is InChI=1S/C15H28N2O2/c1-4-16-14-10-19-9-13(14)15(18)17(3)12-7-5-6-11(2)8-12/h11-14,16H,4-10H2,1-3H3. The van der Waals surface area contributed by atoms with E-state index >= 15 is 0 Å². The van der Waals surface area contributed by atoms with Gasteiger partial charge in [0, 0.05) is 19.1 Å². The van der Waals surface area contributed by atoms with Crippen LogP contribution in [0.5, 0.6) is 0 Å². The molecule has 4 heteroatoms. The lowest BCUT2D eigenvalue weighted by atomic mass is 9.86.